The van der Waals surface area contributed by atoms with Crippen LogP contribution in [0.3, 0.4) is 0 Å². The van der Waals surface area contributed by atoms with E-state index >= 15 is 0 Å². The molecule has 2 heterocycles. The third kappa shape index (κ3) is 4.37. The van der Waals surface area contributed by atoms with Gasteiger partial charge in [0.25, 0.3) is 0 Å². The molecule has 1 aliphatic heterocycles. The fourth-order valence-electron chi connectivity index (χ4n) is 3.13. The molecule has 5 nitrogen and oxygen atoms in total. The van der Waals surface area contributed by atoms with Crippen molar-refractivity contribution in [2.24, 2.45) is 5.92 Å². The number of halogens is 3. The van der Waals surface area contributed by atoms with E-state index in [2.05, 4.69) is 10.3 Å². The monoisotopic (exact) mass is 374 g/mol. The molecule has 1 aromatic carbocycles. The van der Waals surface area contributed by atoms with Gasteiger partial charge in [0.1, 0.15) is 5.82 Å². The summed E-state index contributed by atoms with van der Waals surface area (Å²) in [6.45, 7) is 0.586. The van der Waals surface area contributed by atoms with E-state index in [1.54, 1.807) is 24.3 Å². The van der Waals surface area contributed by atoms with Crippen molar-refractivity contribution < 1.29 is 18.0 Å². The number of carbonyl (C=O) groups excluding carboxylic acids is 1. The Kier molecular flexibility index (Phi) is 5.31. The lowest BCUT2D eigenvalue weighted by molar-refractivity contribution is -0.137. The van der Waals surface area contributed by atoms with Gasteiger partial charge < -0.3 is 10.2 Å². The van der Waals surface area contributed by atoms with Crippen LogP contribution in [0, 0.1) is 17.2 Å². The van der Waals surface area contributed by atoms with E-state index in [4.69, 9.17) is 5.26 Å². The summed E-state index contributed by atoms with van der Waals surface area (Å²) < 4.78 is 39.7. The Bertz CT molecular complexity index is 858. The van der Waals surface area contributed by atoms with Gasteiger partial charge in [0.05, 0.1) is 23.1 Å². The minimum absolute atomic E-state index is 0.138. The highest BCUT2D eigenvalue weighted by molar-refractivity contribution is 5.93. The van der Waals surface area contributed by atoms with E-state index in [1.807, 2.05) is 6.07 Å². The molecule has 0 aliphatic carbocycles. The highest BCUT2D eigenvalue weighted by Crippen LogP contribution is 2.36. The number of hydrogen-bond acceptors (Lipinski definition) is 4. The molecule has 0 unspecified atom stereocenters. The van der Waals surface area contributed by atoms with Gasteiger partial charge >= 0.3 is 6.18 Å². The number of nitrogens with zero attached hydrogens (tertiary/aromatic N) is 3. The summed E-state index contributed by atoms with van der Waals surface area (Å²) >= 11 is 0. The molecule has 27 heavy (non-hydrogen) atoms. The molecule has 0 saturated carbocycles. The Balaban J connectivity index is 1.73. The highest BCUT2D eigenvalue weighted by atomic mass is 19.4. The van der Waals surface area contributed by atoms with E-state index in [0.717, 1.165) is 6.07 Å². The Hall–Kier alpha value is -3.08. The molecule has 1 aromatic heterocycles. The van der Waals surface area contributed by atoms with Crippen molar-refractivity contribution in [2.45, 2.75) is 19.0 Å². The van der Waals surface area contributed by atoms with E-state index in [0.29, 0.717) is 30.6 Å². The van der Waals surface area contributed by atoms with Crippen molar-refractivity contribution in [1.82, 2.24) is 4.98 Å². The SMILES string of the molecule is N#Cc1ccc(NC(=O)[C@@H]2CCCN(c3ncccc3C(F)(F)F)C2)cc1. The Labute approximate surface area is 154 Å². The van der Waals surface area contributed by atoms with E-state index in [-0.39, 0.29) is 18.3 Å². The Morgan fingerprint density at radius 2 is 2.00 bits per heavy atom. The van der Waals surface area contributed by atoms with Gasteiger partial charge in [0, 0.05) is 25.0 Å². The molecule has 1 fully saturated rings. The summed E-state index contributed by atoms with van der Waals surface area (Å²) in [6, 6.07) is 10.7. The van der Waals surface area contributed by atoms with Crippen molar-refractivity contribution in [3.05, 3.63) is 53.7 Å². The molecule has 1 atom stereocenters. The number of piperidine rings is 1. The van der Waals surface area contributed by atoms with Gasteiger partial charge in [-0.2, -0.15) is 18.4 Å². The van der Waals surface area contributed by atoms with Crippen LogP contribution in [-0.4, -0.2) is 24.0 Å². The van der Waals surface area contributed by atoms with Crippen molar-refractivity contribution in [3.8, 4) is 6.07 Å². The zero-order valence-electron chi connectivity index (χ0n) is 14.3. The average molecular weight is 374 g/mol. The maximum atomic E-state index is 13.2. The first-order valence-corrected chi connectivity index (χ1v) is 8.46. The third-order valence-electron chi connectivity index (χ3n) is 4.47. The summed E-state index contributed by atoms with van der Waals surface area (Å²) in [5, 5.41) is 11.6. The summed E-state index contributed by atoms with van der Waals surface area (Å²) in [5.74, 6) is -0.841. The van der Waals surface area contributed by atoms with Crippen LogP contribution in [0.2, 0.25) is 0 Å². The van der Waals surface area contributed by atoms with Crippen molar-refractivity contribution in [1.29, 1.82) is 5.26 Å². The number of amides is 1. The second-order valence-electron chi connectivity index (χ2n) is 6.34. The van der Waals surface area contributed by atoms with Gasteiger partial charge in [-0.3, -0.25) is 4.79 Å². The maximum absolute atomic E-state index is 13.2. The number of nitrogens with one attached hydrogen (secondary N) is 1. The predicted molar refractivity (Wildman–Crippen MR) is 94.0 cm³/mol. The smallest absolute Gasteiger partial charge is 0.355 e. The third-order valence-corrected chi connectivity index (χ3v) is 4.47. The standard InChI is InChI=1S/C19H17F3N4O/c20-19(21,22)16-4-1-9-24-17(16)26-10-2-3-14(12-26)18(27)25-15-7-5-13(11-23)6-8-15/h1,4-9,14H,2-3,10,12H2,(H,25,27)/t14-/m1/s1. The number of hydrogen-bond donors (Lipinski definition) is 1. The number of benzene rings is 1. The molecule has 3 rings (SSSR count). The average Bonchev–Trinajstić information content (AvgIpc) is 2.68. The zero-order valence-corrected chi connectivity index (χ0v) is 14.3. The lowest BCUT2D eigenvalue weighted by Gasteiger charge is -2.34. The Morgan fingerprint density at radius 1 is 1.26 bits per heavy atom. The molecule has 0 radical (unpaired) electrons. The van der Waals surface area contributed by atoms with Gasteiger partial charge in [0.2, 0.25) is 5.91 Å². The highest BCUT2D eigenvalue weighted by Gasteiger charge is 2.37. The molecule has 8 heteroatoms. The molecule has 0 spiro atoms. The van der Waals surface area contributed by atoms with Crippen molar-refractivity contribution in [3.63, 3.8) is 0 Å². The fraction of sp³-hybridized carbons (Fsp3) is 0.316. The molecule has 1 aliphatic rings. The lowest BCUT2D eigenvalue weighted by atomic mass is 9.96. The van der Waals surface area contributed by atoms with Crippen LogP contribution in [0.5, 0.6) is 0 Å². The number of rotatable bonds is 3. The molecular formula is C19H17F3N4O. The molecule has 1 N–H and O–H groups in total. The largest absolute Gasteiger partial charge is 0.419 e. The van der Waals surface area contributed by atoms with Crippen LogP contribution in [0.1, 0.15) is 24.0 Å². The van der Waals surface area contributed by atoms with E-state index in [9.17, 15) is 18.0 Å². The summed E-state index contributed by atoms with van der Waals surface area (Å²) in [7, 11) is 0. The number of nitriles is 1. The predicted octanol–water partition coefficient (Wildman–Crippen LogP) is 3.83. The second kappa shape index (κ2) is 7.66. The first-order valence-electron chi connectivity index (χ1n) is 8.46. The molecule has 1 saturated heterocycles. The minimum Gasteiger partial charge on any atom is -0.355 e. The van der Waals surface area contributed by atoms with E-state index in [1.165, 1.54) is 17.2 Å². The van der Waals surface area contributed by atoms with Crippen LogP contribution in [0.25, 0.3) is 0 Å². The van der Waals surface area contributed by atoms with Crippen LogP contribution in [0.4, 0.5) is 24.7 Å². The number of aromatic nitrogens is 1. The van der Waals surface area contributed by atoms with E-state index < -0.39 is 17.7 Å². The first kappa shape index (κ1) is 18.7. The number of alkyl halides is 3. The number of pyridine rings is 1. The maximum Gasteiger partial charge on any atom is 0.419 e. The lowest BCUT2D eigenvalue weighted by Crippen LogP contribution is -2.42. The van der Waals surface area contributed by atoms with Gasteiger partial charge in [0.15, 0.2) is 0 Å². The molecule has 0 bridgehead atoms. The Morgan fingerprint density at radius 3 is 2.67 bits per heavy atom. The van der Waals surface area contributed by atoms with Gasteiger partial charge in [-0.1, -0.05) is 0 Å². The topological polar surface area (TPSA) is 69.0 Å². The molecule has 140 valence electrons. The van der Waals surface area contributed by atoms with Crippen LogP contribution in [-0.2, 0) is 11.0 Å². The van der Waals surface area contributed by atoms with Gasteiger partial charge in [-0.05, 0) is 49.2 Å². The second-order valence-corrected chi connectivity index (χ2v) is 6.34. The number of anilines is 2. The quantitative estimate of drug-likeness (QED) is 0.887. The molecule has 1 amide bonds. The normalized spacial score (nSPS) is 17.3. The van der Waals surface area contributed by atoms with Crippen LogP contribution >= 0.6 is 0 Å². The molecule has 2 aromatic rings. The van der Waals surface area contributed by atoms with Gasteiger partial charge in [-0.25, -0.2) is 4.98 Å². The van der Waals surface area contributed by atoms with Gasteiger partial charge in [-0.15, -0.1) is 0 Å². The van der Waals surface area contributed by atoms with Crippen LogP contribution in [0.15, 0.2) is 42.6 Å². The number of carbonyl (C=O) groups is 1. The van der Waals surface area contributed by atoms with Crippen LogP contribution < -0.4 is 10.2 Å². The summed E-state index contributed by atoms with van der Waals surface area (Å²) in [6.07, 6.45) is -1.99. The summed E-state index contributed by atoms with van der Waals surface area (Å²) in [5.41, 5.74) is 0.231. The van der Waals surface area contributed by atoms with Crippen molar-refractivity contribution in [2.75, 3.05) is 23.3 Å². The minimum atomic E-state index is -4.50. The fourth-order valence-corrected chi connectivity index (χ4v) is 3.13. The first-order chi connectivity index (χ1) is 12.9. The van der Waals surface area contributed by atoms with Crippen molar-refractivity contribution >= 4 is 17.4 Å². The molecular weight excluding hydrogens is 357 g/mol. The zero-order chi connectivity index (χ0) is 19.4. The summed E-state index contributed by atoms with van der Waals surface area (Å²) in [4.78, 5) is 18.0.